The van der Waals surface area contributed by atoms with Crippen molar-refractivity contribution in [3.63, 3.8) is 0 Å². The van der Waals surface area contributed by atoms with Gasteiger partial charge in [0.25, 0.3) is 0 Å². The number of pyridine rings is 1. The molecule has 0 aromatic carbocycles. The second-order valence-corrected chi connectivity index (χ2v) is 6.04. The van der Waals surface area contributed by atoms with Crippen LogP contribution in [-0.2, 0) is 6.42 Å². The molecule has 1 fully saturated rings. The van der Waals surface area contributed by atoms with Gasteiger partial charge in [0.15, 0.2) is 0 Å². The van der Waals surface area contributed by atoms with Crippen LogP contribution in [0.25, 0.3) is 5.65 Å². The normalized spacial score (nSPS) is 18.3. The minimum Gasteiger partial charge on any atom is -0.396 e. The first kappa shape index (κ1) is 15.8. The summed E-state index contributed by atoms with van der Waals surface area (Å²) in [5.41, 5.74) is 1.90. The summed E-state index contributed by atoms with van der Waals surface area (Å²) >= 11 is 0. The number of nitrogens with one attached hydrogen (secondary N) is 1. The second-order valence-electron chi connectivity index (χ2n) is 6.04. The maximum atomic E-state index is 12.4. The van der Waals surface area contributed by atoms with E-state index in [-0.39, 0.29) is 18.7 Å². The molecule has 2 N–H and O–H groups in total. The topological polar surface area (TPSA) is 69.9 Å². The van der Waals surface area contributed by atoms with Crippen LogP contribution < -0.4 is 5.32 Å². The number of carbonyl (C=O) groups is 1. The molecule has 1 atom stereocenters. The maximum Gasteiger partial charge on any atom is 0.317 e. The molecule has 3 rings (SSSR count). The minimum absolute atomic E-state index is 0.0214. The zero-order chi connectivity index (χ0) is 16.1. The van der Waals surface area contributed by atoms with E-state index in [0.717, 1.165) is 37.1 Å². The SMILES string of the molecule is O=C(NCCc1cn2ccccc2n1)N1CCCCC1CCO. The molecule has 2 aromatic rings. The van der Waals surface area contributed by atoms with Gasteiger partial charge < -0.3 is 19.7 Å². The summed E-state index contributed by atoms with van der Waals surface area (Å²) in [7, 11) is 0. The van der Waals surface area contributed by atoms with E-state index in [2.05, 4.69) is 10.3 Å². The highest BCUT2D eigenvalue weighted by molar-refractivity contribution is 5.74. The highest BCUT2D eigenvalue weighted by atomic mass is 16.3. The van der Waals surface area contributed by atoms with E-state index in [1.807, 2.05) is 39.9 Å². The fourth-order valence-corrected chi connectivity index (χ4v) is 3.22. The smallest absolute Gasteiger partial charge is 0.317 e. The van der Waals surface area contributed by atoms with Crippen LogP contribution in [0.1, 0.15) is 31.4 Å². The minimum atomic E-state index is -0.0214. The molecule has 0 saturated carbocycles. The summed E-state index contributed by atoms with van der Waals surface area (Å²) in [6, 6.07) is 6.05. The third kappa shape index (κ3) is 3.82. The van der Waals surface area contributed by atoms with E-state index in [1.54, 1.807) is 0 Å². The Hall–Kier alpha value is -2.08. The van der Waals surface area contributed by atoms with Gasteiger partial charge in [0, 0.05) is 44.6 Å². The molecule has 2 amide bonds. The lowest BCUT2D eigenvalue weighted by Crippen LogP contribution is -2.49. The quantitative estimate of drug-likeness (QED) is 0.884. The van der Waals surface area contributed by atoms with Crippen LogP contribution in [0.4, 0.5) is 4.79 Å². The average Bonchev–Trinajstić information content (AvgIpc) is 2.98. The lowest BCUT2D eigenvalue weighted by Gasteiger charge is -2.35. The Morgan fingerprint density at radius 1 is 1.39 bits per heavy atom. The van der Waals surface area contributed by atoms with Crippen LogP contribution in [0.15, 0.2) is 30.6 Å². The standard InChI is InChI=1S/C17H24N4O2/c22-12-8-15-5-1-4-11-21(15)17(23)18-9-7-14-13-20-10-3-2-6-16(20)19-14/h2-3,6,10,13,15,22H,1,4-5,7-9,11-12H2,(H,18,23). The van der Waals surface area contributed by atoms with Crippen molar-refractivity contribution >= 4 is 11.7 Å². The van der Waals surface area contributed by atoms with Crippen molar-refractivity contribution in [2.24, 2.45) is 0 Å². The molecular formula is C17H24N4O2. The van der Waals surface area contributed by atoms with Gasteiger partial charge >= 0.3 is 6.03 Å². The number of rotatable bonds is 5. The van der Waals surface area contributed by atoms with Gasteiger partial charge in [-0.15, -0.1) is 0 Å². The van der Waals surface area contributed by atoms with Crippen LogP contribution in [0.5, 0.6) is 0 Å². The number of likely N-dealkylation sites (tertiary alicyclic amines) is 1. The first-order chi connectivity index (χ1) is 11.3. The highest BCUT2D eigenvalue weighted by Gasteiger charge is 2.25. The van der Waals surface area contributed by atoms with Gasteiger partial charge in [0.2, 0.25) is 0 Å². The Labute approximate surface area is 136 Å². The Balaban J connectivity index is 1.52. The van der Waals surface area contributed by atoms with E-state index >= 15 is 0 Å². The van der Waals surface area contributed by atoms with E-state index in [4.69, 9.17) is 5.11 Å². The number of hydrogen-bond acceptors (Lipinski definition) is 3. The molecule has 6 heteroatoms. The van der Waals surface area contributed by atoms with Gasteiger partial charge in [0.05, 0.1) is 5.69 Å². The van der Waals surface area contributed by atoms with Crippen LogP contribution in [0.3, 0.4) is 0 Å². The molecule has 124 valence electrons. The number of carbonyl (C=O) groups excluding carboxylic acids is 1. The number of amides is 2. The second kappa shape index (κ2) is 7.46. The summed E-state index contributed by atoms with van der Waals surface area (Å²) in [6.45, 7) is 1.49. The Morgan fingerprint density at radius 3 is 3.13 bits per heavy atom. The van der Waals surface area contributed by atoms with Crippen molar-refractivity contribution in [2.45, 2.75) is 38.1 Å². The van der Waals surface area contributed by atoms with Crippen LogP contribution in [0.2, 0.25) is 0 Å². The lowest BCUT2D eigenvalue weighted by atomic mass is 10.0. The van der Waals surface area contributed by atoms with E-state index in [9.17, 15) is 4.79 Å². The predicted octanol–water partition coefficient (Wildman–Crippen LogP) is 1.82. The number of aliphatic hydroxyl groups is 1. The van der Waals surface area contributed by atoms with Gasteiger partial charge in [0.1, 0.15) is 5.65 Å². The molecule has 3 heterocycles. The highest BCUT2D eigenvalue weighted by Crippen LogP contribution is 2.19. The molecule has 1 aliphatic heterocycles. The number of aliphatic hydroxyl groups excluding tert-OH is 1. The zero-order valence-electron chi connectivity index (χ0n) is 13.3. The lowest BCUT2D eigenvalue weighted by molar-refractivity contribution is 0.132. The molecule has 23 heavy (non-hydrogen) atoms. The number of nitrogens with zero attached hydrogens (tertiary/aromatic N) is 3. The van der Waals surface area contributed by atoms with Crippen molar-refractivity contribution in [3.05, 3.63) is 36.3 Å². The summed E-state index contributed by atoms with van der Waals surface area (Å²) in [4.78, 5) is 18.8. The molecule has 1 aliphatic rings. The summed E-state index contributed by atoms with van der Waals surface area (Å²) in [6.07, 6.45) is 8.51. The molecule has 1 unspecified atom stereocenters. The van der Waals surface area contributed by atoms with E-state index in [1.165, 1.54) is 0 Å². The third-order valence-electron chi connectivity index (χ3n) is 4.42. The zero-order valence-corrected chi connectivity index (χ0v) is 13.3. The number of aromatic nitrogens is 2. The first-order valence-electron chi connectivity index (χ1n) is 8.36. The first-order valence-corrected chi connectivity index (χ1v) is 8.36. The van der Waals surface area contributed by atoms with Crippen molar-refractivity contribution < 1.29 is 9.90 Å². The van der Waals surface area contributed by atoms with Crippen molar-refractivity contribution in [3.8, 4) is 0 Å². The van der Waals surface area contributed by atoms with E-state index < -0.39 is 0 Å². The van der Waals surface area contributed by atoms with Crippen molar-refractivity contribution in [1.29, 1.82) is 0 Å². The molecule has 0 radical (unpaired) electrons. The molecule has 1 saturated heterocycles. The number of imidazole rings is 1. The number of hydrogen-bond donors (Lipinski definition) is 2. The Bertz CT molecular complexity index is 620. The third-order valence-corrected chi connectivity index (χ3v) is 4.42. The van der Waals surface area contributed by atoms with Crippen molar-refractivity contribution in [2.75, 3.05) is 19.7 Å². The fourth-order valence-electron chi connectivity index (χ4n) is 3.22. The maximum absolute atomic E-state index is 12.4. The molecule has 6 nitrogen and oxygen atoms in total. The van der Waals surface area contributed by atoms with Crippen molar-refractivity contribution in [1.82, 2.24) is 19.6 Å². The summed E-state index contributed by atoms with van der Waals surface area (Å²) in [5, 5.41) is 12.1. The van der Waals surface area contributed by atoms with Crippen LogP contribution >= 0.6 is 0 Å². The molecule has 0 spiro atoms. The largest absolute Gasteiger partial charge is 0.396 e. The van der Waals surface area contributed by atoms with Gasteiger partial charge in [-0.05, 0) is 37.8 Å². The molecule has 0 aliphatic carbocycles. The van der Waals surface area contributed by atoms with E-state index in [0.29, 0.717) is 19.4 Å². The van der Waals surface area contributed by atoms with Gasteiger partial charge in [-0.25, -0.2) is 9.78 Å². The fraction of sp³-hybridized carbons (Fsp3) is 0.529. The number of piperidine rings is 1. The Kier molecular flexibility index (Phi) is 5.12. The number of fused-ring (bicyclic) bond motifs is 1. The Morgan fingerprint density at radius 2 is 2.30 bits per heavy atom. The van der Waals surface area contributed by atoms with Gasteiger partial charge in [-0.3, -0.25) is 0 Å². The molecule has 0 bridgehead atoms. The molecular weight excluding hydrogens is 292 g/mol. The van der Waals surface area contributed by atoms with Crippen LogP contribution in [-0.4, -0.2) is 51.2 Å². The molecule has 2 aromatic heterocycles. The van der Waals surface area contributed by atoms with Gasteiger partial charge in [-0.2, -0.15) is 0 Å². The monoisotopic (exact) mass is 316 g/mol. The predicted molar refractivity (Wildman–Crippen MR) is 88.3 cm³/mol. The summed E-state index contributed by atoms with van der Waals surface area (Å²) < 4.78 is 1.99. The van der Waals surface area contributed by atoms with Crippen LogP contribution in [0, 0.1) is 0 Å². The number of urea groups is 1. The average molecular weight is 316 g/mol. The van der Waals surface area contributed by atoms with Gasteiger partial charge in [-0.1, -0.05) is 6.07 Å². The summed E-state index contributed by atoms with van der Waals surface area (Å²) in [5.74, 6) is 0.